The van der Waals surface area contributed by atoms with Crippen molar-refractivity contribution >= 4 is 33.0 Å². The van der Waals surface area contributed by atoms with Crippen LogP contribution in [0, 0.1) is 0 Å². The van der Waals surface area contributed by atoms with Crippen molar-refractivity contribution in [2.24, 2.45) is 5.73 Å². The molecule has 3 rings (SSSR count). The maximum absolute atomic E-state index is 11.0. The van der Waals surface area contributed by atoms with Gasteiger partial charge >= 0.3 is 0 Å². The first-order valence-corrected chi connectivity index (χ1v) is 6.16. The molecule has 0 bridgehead atoms. The van der Waals surface area contributed by atoms with Gasteiger partial charge in [-0.05, 0) is 28.1 Å². The molecular formula is C11H9BrN6O2. The number of amides is 1. The van der Waals surface area contributed by atoms with Crippen molar-refractivity contribution in [3.05, 3.63) is 51.5 Å². The number of nitrogens with two attached hydrogens (primary N) is 1. The highest BCUT2D eigenvalue weighted by Gasteiger charge is 2.02. The lowest BCUT2D eigenvalue weighted by molar-refractivity contribution is 0.1000. The average molecular weight is 337 g/mol. The lowest BCUT2D eigenvalue weighted by Gasteiger charge is -1.88. The third-order valence-corrected chi connectivity index (χ3v) is 2.59. The normalized spacial score (nSPS) is 9.85. The lowest BCUT2D eigenvalue weighted by Crippen LogP contribution is -2.10. The van der Waals surface area contributed by atoms with Crippen molar-refractivity contribution in [3.8, 4) is 0 Å². The molecule has 102 valence electrons. The van der Waals surface area contributed by atoms with E-state index in [9.17, 15) is 9.59 Å². The Morgan fingerprint density at radius 2 is 2.20 bits per heavy atom. The zero-order chi connectivity index (χ0) is 14.5. The summed E-state index contributed by atoms with van der Waals surface area (Å²) in [4.78, 5) is 38.0. The van der Waals surface area contributed by atoms with Gasteiger partial charge in [-0.25, -0.2) is 9.97 Å². The van der Waals surface area contributed by atoms with E-state index in [-0.39, 0.29) is 5.56 Å². The topological polar surface area (TPSA) is 130 Å². The van der Waals surface area contributed by atoms with E-state index in [1.54, 1.807) is 18.3 Å². The summed E-state index contributed by atoms with van der Waals surface area (Å²) in [6, 6.07) is 3.29. The number of nitrogens with zero attached hydrogens (tertiary/aromatic N) is 3. The Hall–Kier alpha value is -2.55. The van der Waals surface area contributed by atoms with E-state index in [1.807, 2.05) is 0 Å². The van der Waals surface area contributed by atoms with Gasteiger partial charge in [0, 0.05) is 12.4 Å². The van der Waals surface area contributed by atoms with Crippen LogP contribution in [0.3, 0.4) is 0 Å². The first-order chi connectivity index (χ1) is 9.58. The van der Waals surface area contributed by atoms with Crippen LogP contribution in [0.25, 0.3) is 11.2 Å². The molecule has 3 heterocycles. The molecule has 9 heteroatoms. The molecule has 0 spiro atoms. The summed E-state index contributed by atoms with van der Waals surface area (Å²) >= 11 is 3.10. The Kier molecular flexibility index (Phi) is 4.20. The second-order valence-electron chi connectivity index (χ2n) is 3.56. The number of primary amides is 1. The van der Waals surface area contributed by atoms with E-state index in [2.05, 4.69) is 40.8 Å². The van der Waals surface area contributed by atoms with Gasteiger partial charge in [0.1, 0.15) is 0 Å². The number of pyridine rings is 1. The molecule has 0 radical (unpaired) electrons. The van der Waals surface area contributed by atoms with Gasteiger partial charge < -0.3 is 15.7 Å². The molecule has 4 N–H and O–H groups in total. The molecule has 0 saturated heterocycles. The highest BCUT2D eigenvalue weighted by Crippen LogP contribution is 2.06. The molecule has 3 aromatic heterocycles. The molecule has 0 aromatic carbocycles. The summed E-state index contributed by atoms with van der Waals surface area (Å²) in [5.41, 5.74) is 5.97. The van der Waals surface area contributed by atoms with Gasteiger partial charge in [0.05, 0.1) is 11.9 Å². The first kappa shape index (κ1) is 13.9. The maximum Gasteiger partial charge on any atom is 0.276 e. The van der Waals surface area contributed by atoms with Gasteiger partial charge in [-0.2, -0.15) is 0 Å². The zero-order valence-electron chi connectivity index (χ0n) is 10.0. The van der Waals surface area contributed by atoms with Gasteiger partial charge in [-0.15, -0.1) is 0 Å². The van der Waals surface area contributed by atoms with Crippen molar-refractivity contribution in [1.82, 2.24) is 24.9 Å². The van der Waals surface area contributed by atoms with E-state index >= 15 is 0 Å². The van der Waals surface area contributed by atoms with Crippen LogP contribution in [-0.4, -0.2) is 30.8 Å². The highest BCUT2D eigenvalue weighted by atomic mass is 79.9. The minimum absolute atomic E-state index is 0.215. The Morgan fingerprint density at radius 3 is 2.75 bits per heavy atom. The standard InChI is InChI=1S/C6H6N2O.C5H3BrN4O/c7-6(9)5-2-1-3-8-4-5;6-5-9-2-3(10-5)7-1-8-4(2)11/h1-4H,(H2,7,9);1H,(H2,7,8,9,10,11). The van der Waals surface area contributed by atoms with Gasteiger partial charge in [-0.1, -0.05) is 0 Å². The first-order valence-electron chi connectivity index (χ1n) is 5.36. The number of H-pyrrole nitrogens is 2. The van der Waals surface area contributed by atoms with Crippen LogP contribution in [0.4, 0.5) is 0 Å². The zero-order valence-corrected chi connectivity index (χ0v) is 11.6. The fourth-order valence-electron chi connectivity index (χ4n) is 1.32. The fourth-order valence-corrected chi connectivity index (χ4v) is 1.69. The fraction of sp³-hybridized carbons (Fsp3) is 0. The number of carbonyl (C=O) groups excluding carboxylic acids is 1. The number of aromatic nitrogens is 5. The average Bonchev–Trinajstić information content (AvgIpc) is 2.82. The van der Waals surface area contributed by atoms with Crippen LogP contribution in [0.2, 0.25) is 0 Å². The van der Waals surface area contributed by atoms with E-state index in [1.165, 1.54) is 12.5 Å². The van der Waals surface area contributed by atoms with Crippen molar-refractivity contribution in [2.45, 2.75) is 0 Å². The Bertz CT molecular complexity index is 782. The van der Waals surface area contributed by atoms with E-state index < -0.39 is 5.91 Å². The Balaban J connectivity index is 0.000000151. The number of carbonyl (C=O) groups is 1. The van der Waals surface area contributed by atoms with Crippen LogP contribution in [0.5, 0.6) is 0 Å². The van der Waals surface area contributed by atoms with Crippen LogP contribution < -0.4 is 11.3 Å². The quantitative estimate of drug-likeness (QED) is 0.560. The van der Waals surface area contributed by atoms with E-state index in [4.69, 9.17) is 5.73 Å². The molecule has 0 fully saturated rings. The van der Waals surface area contributed by atoms with Crippen molar-refractivity contribution in [1.29, 1.82) is 0 Å². The number of rotatable bonds is 1. The number of nitrogens with one attached hydrogen (secondary N) is 2. The number of halogens is 1. The minimum atomic E-state index is -0.442. The van der Waals surface area contributed by atoms with Crippen LogP contribution in [0.1, 0.15) is 10.4 Å². The second-order valence-corrected chi connectivity index (χ2v) is 4.31. The number of aromatic amines is 2. The van der Waals surface area contributed by atoms with Gasteiger partial charge in [0.15, 0.2) is 15.9 Å². The highest BCUT2D eigenvalue weighted by molar-refractivity contribution is 9.10. The second kappa shape index (κ2) is 6.06. The third kappa shape index (κ3) is 3.26. The van der Waals surface area contributed by atoms with E-state index in [0.29, 0.717) is 21.5 Å². The molecule has 3 aromatic rings. The molecule has 0 aliphatic carbocycles. The van der Waals surface area contributed by atoms with Crippen LogP contribution >= 0.6 is 15.9 Å². The molecule has 1 amide bonds. The maximum atomic E-state index is 11.0. The summed E-state index contributed by atoms with van der Waals surface area (Å²) < 4.78 is 0.511. The van der Waals surface area contributed by atoms with Crippen molar-refractivity contribution in [2.75, 3.05) is 0 Å². The molecule has 8 nitrogen and oxygen atoms in total. The molecule has 0 saturated carbocycles. The number of fused-ring (bicyclic) bond motifs is 1. The van der Waals surface area contributed by atoms with Crippen molar-refractivity contribution < 1.29 is 4.79 Å². The Morgan fingerprint density at radius 1 is 1.40 bits per heavy atom. The summed E-state index contributed by atoms with van der Waals surface area (Å²) in [5, 5.41) is 0. The third-order valence-electron chi connectivity index (χ3n) is 2.21. The molecule has 0 unspecified atom stereocenters. The summed E-state index contributed by atoms with van der Waals surface area (Å²) in [7, 11) is 0. The van der Waals surface area contributed by atoms with Gasteiger partial charge in [0.2, 0.25) is 5.91 Å². The molecule has 0 aliphatic heterocycles. The monoisotopic (exact) mass is 336 g/mol. The van der Waals surface area contributed by atoms with Gasteiger partial charge in [0.25, 0.3) is 5.56 Å². The van der Waals surface area contributed by atoms with Crippen LogP contribution in [0.15, 0.2) is 40.4 Å². The molecule has 0 atom stereocenters. The predicted molar refractivity (Wildman–Crippen MR) is 75.0 cm³/mol. The summed E-state index contributed by atoms with van der Waals surface area (Å²) in [6.45, 7) is 0. The SMILES string of the molecule is NC(=O)c1cccnc1.O=c1[nH]cnc2nc(Br)[nH]c12. The summed E-state index contributed by atoms with van der Waals surface area (Å²) in [5.74, 6) is -0.442. The predicted octanol–water partition coefficient (Wildman–Crippen LogP) is 0.589. The smallest absolute Gasteiger partial charge is 0.276 e. The summed E-state index contributed by atoms with van der Waals surface area (Å²) in [6.07, 6.45) is 4.34. The number of hydrogen-bond acceptors (Lipinski definition) is 5. The number of hydrogen-bond donors (Lipinski definition) is 3. The Labute approximate surface area is 120 Å². The van der Waals surface area contributed by atoms with E-state index in [0.717, 1.165) is 0 Å². The van der Waals surface area contributed by atoms with Gasteiger partial charge in [-0.3, -0.25) is 14.6 Å². The van der Waals surface area contributed by atoms with Crippen LogP contribution in [-0.2, 0) is 0 Å². The molecule has 0 aliphatic rings. The molecular weight excluding hydrogens is 328 g/mol. The number of imidazole rings is 1. The molecule has 20 heavy (non-hydrogen) atoms. The van der Waals surface area contributed by atoms with Crippen molar-refractivity contribution in [3.63, 3.8) is 0 Å². The largest absolute Gasteiger partial charge is 0.366 e. The lowest BCUT2D eigenvalue weighted by atomic mass is 10.3. The minimum Gasteiger partial charge on any atom is -0.366 e.